The predicted octanol–water partition coefficient (Wildman–Crippen LogP) is 10.8. The van der Waals surface area contributed by atoms with Crippen LogP contribution < -0.4 is 0 Å². The summed E-state index contributed by atoms with van der Waals surface area (Å²) in [6.45, 7) is 22.4. The van der Waals surface area contributed by atoms with E-state index in [4.69, 9.17) is 4.74 Å². The maximum Gasteiger partial charge on any atom is 0.131 e. The van der Waals surface area contributed by atoms with Gasteiger partial charge in [0.05, 0.1) is 10.8 Å². The number of nitrogens with zero attached hydrogens (tertiary/aromatic N) is 1. The molecule has 0 bridgehead atoms. The molecule has 0 amide bonds. The molecule has 4 heteroatoms. The predicted molar refractivity (Wildman–Crippen MR) is 159 cm³/mol. The Bertz CT molecular complexity index is 909. The molecule has 0 aromatic heterocycles. The lowest BCUT2D eigenvalue weighted by molar-refractivity contribution is 0.178. The van der Waals surface area contributed by atoms with Gasteiger partial charge in [-0.3, -0.25) is 0 Å². The molecule has 2 aliphatic rings. The monoisotopic (exact) mass is 527 g/mol. The second-order valence-corrected chi connectivity index (χ2v) is 14.2. The Morgan fingerprint density at radius 2 is 1.64 bits per heavy atom. The third kappa shape index (κ3) is 9.21. The van der Waals surface area contributed by atoms with Crippen molar-refractivity contribution in [1.29, 1.82) is 5.26 Å². The maximum atomic E-state index is 9.56. The summed E-state index contributed by atoms with van der Waals surface area (Å²) >= 11 is 3.31. The van der Waals surface area contributed by atoms with E-state index in [-0.39, 0.29) is 5.41 Å². The molecular formula is C32H49NOS2. The Morgan fingerprint density at radius 3 is 2.08 bits per heavy atom. The topological polar surface area (TPSA) is 33.0 Å². The van der Waals surface area contributed by atoms with Crippen LogP contribution in [0.1, 0.15) is 104 Å². The smallest absolute Gasteiger partial charge is 0.131 e. The van der Waals surface area contributed by atoms with Gasteiger partial charge in [0, 0.05) is 9.79 Å². The first-order valence-corrected chi connectivity index (χ1v) is 15.6. The van der Waals surface area contributed by atoms with Crippen LogP contribution in [0.25, 0.3) is 0 Å². The van der Waals surface area contributed by atoms with Crippen LogP contribution in [-0.4, -0.2) is 6.61 Å². The second-order valence-electron chi connectivity index (χ2n) is 11.9. The molecule has 36 heavy (non-hydrogen) atoms. The fourth-order valence-electron chi connectivity index (χ4n) is 5.00. The Kier molecular flexibility index (Phi) is 12.5. The summed E-state index contributed by atoms with van der Waals surface area (Å²) < 4.78 is 6.71. The van der Waals surface area contributed by atoms with Crippen molar-refractivity contribution in [3.8, 4) is 6.07 Å². The van der Waals surface area contributed by atoms with Gasteiger partial charge < -0.3 is 4.74 Å². The van der Waals surface area contributed by atoms with E-state index in [9.17, 15) is 5.26 Å². The van der Waals surface area contributed by atoms with Crippen LogP contribution in [0.3, 0.4) is 0 Å². The molecule has 0 spiro atoms. The first-order chi connectivity index (χ1) is 17.0. The summed E-state index contributed by atoms with van der Waals surface area (Å²) in [6.07, 6.45) is 11.2. The van der Waals surface area contributed by atoms with Crippen molar-refractivity contribution < 1.29 is 4.74 Å². The number of aryl methyl sites for hydroxylation is 2. The number of ether oxygens (including phenoxy) is 1. The van der Waals surface area contributed by atoms with Crippen LogP contribution in [0, 0.1) is 48.3 Å². The lowest BCUT2D eigenvalue weighted by atomic mass is 9.74. The van der Waals surface area contributed by atoms with Gasteiger partial charge in [-0.25, -0.2) is 0 Å². The molecule has 1 aromatic carbocycles. The first kappa shape index (κ1) is 30.9. The van der Waals surface area contributed by atoms with E-state index in [2.05, 4.69) is 80.2 Å². The molecule has 1 unspecified atom stereocenters. The van der Waals surface area contributed by atoms with Crippen molar-refractivity contribution in [2.45, 2.75) is 117 Å². The number of thioether (sulfide) groups is 2. The molecule has 0 N–H and O–H groups in total. The molecule has 2 nitrogen and oxygen atoms in total. The van der Waals surface area contributed by atoms with E-state index < -0.39 is 0 Å². The van der Waals surface area contributed by atoms with Crippen LogP contribution >= 0.6 is 23.5 Å². The largest absolute Gasteiger partial charge is 0.493 e. The third-order valence-electron chi connectivity index (χ3n) is 7.53. The first-order valence-electron chi connectivity index (χ1n) is 13.9. The highest BCUT2D eigenvalue weighted by molar-refractivity contribution is 8.24. The standard InChI is InChI=1S/C19H23NOS2.C13H26/c1-12-7-8-13(2)17-16(12)22-18(23-17)15(11-20)14(3)21-10-9-19(4,5)6;1-4-6-12(5-2)13-9-7-11(3)8-10-13/h7-8H,3,9-10H2,1-2,4-6H3;11-13H,4-10H2,1-3H3. The van der Waals surface area contributed by atoms with Crippen molar-refractivity contribution in [1.82, 2.24) is 0 Å². The minimum atomic E-state index is 0.210. The average Bonchev–Trinajstić information content (AvgIpc) is 3.27. The lowest BCUT2D eigenvalue weighted by Gasteiger charge is -2.32. The highest BCUT2D eigenvalue weighted by Gasteiger charge is 2.26. The maximum absolute atomic E-state index is 9.56. The molecule has 1 atom stereocenters. The molecule has 1 aliphatic heterocycles. The zero-order chi connectivity index (χ0) is 26.9. The molecule has 1 aliphatic carbocycles. The van der Waals surface area contributed by atoms with E-state index in [1.807, 2.05) is 0 Å². The van der Waals surface area contributed by atoms with E-state index in [0.29, 0.717) is 17.9 Å². The van der Waals surface area contributed by atoms with Gasteiger partial charge in [-0.1, -0.05) is 116 Å². The minimum absolute atomic E-state index is 0.210. The van der Waals surface area contributed by atoms with Gasteiger partial charge in [-0.2, -0.15) is 5.26 Å². The van der Waals surface area contributed by atoms with Crippen molar-refractivity contribution >= 4 is 23.5 Å². The summed E-state index contributed by atoms with van der Waals surface area (Å²) in [6, 6.07) is 6.54. The Morgan fingerprint density at radius 1 is 1.08 bits per heavy atom. The minimum Gasteiger partial charge on any atom is -0.493 e. The Labute approximate surface area is 230 Å². The van der Waals surface area contributed by atoms with Crippen LogP contribution in [0.15, 0.2) is 44.1 Å². The molecule has 200 valence electrons. The molecule has 3 rings (SSSR count). The van der Waals surface area contributed by atoms with E-state index in [1.165, 1.54) is 65.9 Å². The summed E-state index contributed by atoms with van der Waals surface area (Å²) in [5.74, 6) is 3.60. The Hall–Kier alpha value is -1.31. The normalized spacial score (nSPS) is 20.0. The summed E-state index contributed by atoms with van der Waals surface area (Å²) in [5, 5.41) is 9.56. The molecular weight excluding hydrogens is 478 g/mol. The summed E-state index contributed by atoms with van der Waals surface area (Å²) in [7, 11) is 0. The second kappa shape index (κ2) is 14.6. The van der Waals surface area contributed by atoms with Gasteiger partial charge in [0.1, 0.15) is 17.4 Å². The van der Waals surface area contributed by atoms with Crippen LogP contribution in [0.2, 0.25) is 0 Å². The molecule has 0 radical (unpaired) electrons. The van der Waals surface area contributed by atoms with Gasteiger partial charge in [0.2, 0.25) is 0 Å². The fraction of sp³-hybridized carbons (Fsp3) is 0.656. The lowest BCUT2D eigenvalue weighted by Crippen LogP contribution is -2.20. The third-order valence-corrected chi connectivity index (χ3v) is 10.4. The molecule has 1 fully saturated rings. The number of benzene rings is 1. The van der Waals surface area contributed by atoms with Crippen molar-refractivity contribution in [2.75, 3.05) is 6.61 Å². The highest BCUT2D eigenvalue weighted by atomic mass is 32.2. The number of hydrogen-bond acceptors (Lipinski definition) is 4. The number of nitriles is 1. The zero-order valence-electron chi connectivity index (χ0n) is 24.1. The molecule has 1 aromatic rings. The molecule has 1 saturated carbocycles. The van der Waals surface area contributed by atoms with E-state index in [1.54, 1.807) is 23.5 Å². The van der Waals surface area contributed by atoms with Gasteiger partial charge in [0.25, 0.3) is 0 Å². The Balaban J connectivity index is 0.000000297. The number of fused-ring (bicyclic) bond motifs is 1. The quantitative estimate of drug-likeness (QED) is 0.248. The van der Waals surface area contributed by atoms with Crippen molar-refractivity contribution in [2.24, 2.45) is 23.2 Å². The molecule has 1 heterocycles. The van der Waals surface area contributed by atoms with Gasteiger partial charge in [0.15, 0.2) is 0 Å². The van der Waals surface area contributed by atoms with E-state index >= 15 is 0 Å². The fourth-order valence-corrected chi connectivity index (χ4v) is 7.77. The zero-order valence-corrected chi connectivity index (χ0v) is 25.8. The van der Waals surface area contributed by atoms with Crippen molar-refractivity contribution in [3.63, 3.8) is 0 Å². The summed E-state index contributed by atoms with van der Waals surface area (Å²) in [4.78, 5) is 2.50. The van der Waals surface area contributed by atoms with E-state index in [0.717, 1.165) is 28.4 Å². The number of rotatable bonds is 8. The average molecular weight is 528 g/mol. The number of allylic oxidation sites excluding steroid dienone is 1. The van der Waals surface area contributed by atoms with Gasteiger partial charge >= 0.3 is 0 Å². The highest BCUT2D eigenvalue weighted by Crippen LogP contribution is 2.55. The number of hydrogen-bond donors (Lipinski definition) is 0. The van der Waals surface area contributed by atoms with Crippen LogP contribution in [-0.2, 0) is 4.74 Å². The van der Waals surface area contributed by atoms with Crippen LogP contribution in [0.4, 0.5) is 0 Å². The van der Waals surface area contributed by atoms with Gasteiger partial charge in [-0.05, 0) is 67.4 Å². The van der Waals surface area contributed by atoms with Gasteiger partial charge in [-0.15, -0.1) is 0 Å². The SMILES string of the molecule is C=C(OCCC(C)(C)C)C(C#N)=C1Sc2c(C)ccc(C)c2S1.CCCC(CC)C1CCC(C)CC1. The summed E-state index contributed by atoms with van der Waals surface area (Å²) in [5.41, 5.74) is 3.26. The van der Waals surface area contributed by atoms with Crippen molar-refractivity contribution in [3.05, 3.63) is 45.4 Å². The molecule has 0 saturated heterocycles. The van der Waals surface area contributed by atoms with Crippen LogP contribution in [0.5, 0.6) is 0 Å².